The molecule has 0 bridgehead atoms. The van der Waals surface area contributed by atoms with Gasteiger partial charge in [0.25, 0.3) is 0 Å². The van der Waals surface area contributed by atoms with Gasteiger partial charge in [-0.1, -0.05) is 18.2 Å². The molecule has 1 aromatic heterocycles. The molecule has 1 unspecified atom stereocenters. The van der Waals surface area contributed by atoms with Crippen LogP contribution >= 0.6 is 0 Å². The van der Waals surface area contributed by atoms with E-state index >= 15 is 0 Å². The minimum absolute atomic E-state index is 0.0257. The Morgan fingerprint density at radius 2 is 2.15 bits per heavy atom. The number of ether oxygens (including phenoxy) is 1. The second kappa shape index (κ2) is 7.02. The molecule has 1 saturated carbocycles. The standard InChI is InChI=1S/C20H26N4O2/c1-16-21-10-12-24(16)15-20(8-9-20)14-22-19(25)23-11-7-18(13-23)26-17-5-3-2-4-6-17/h2-6,10,12,18H,7-9,11,13-15H2,1H3,(H,22,25). The van der Waals surface area contributed by atoms with E-state index in [0.29, 0.717) is 6.54 Å². The molecule has 1 aromatic carbocycles. The molecule has 4 rings (SSSR count). The van der Waals surface area contributed by atoms with Crippen molar-refractivity contribution in [1.82, 2.24) is 19.8 Å². The van der Waals surface area contributed by atoms with Crippen LogP contribution in [-0.2, 0) is 6.54 Å². The normalized spacial score (nSPS) is 20.8. The third kappa shape index (κ3) is 3.84. The molecule has 0 spiro atoms. The van der Waals surface area contributed by atoms with Crippen molar-refractivity contribution in [3.05, 3.63) is 48.5 Å². The third-order valence-electron chi connectivity index (χ3n) is 5.48. The van der Waals surface area contributed by atoms with Gasteiger partial charge in [-0.3, -0.25) is 0 Å². The van der Waals surface area contributed by atoms with Crippen LogP contribution in [0.3, 0.4) is 0 Å². The van der Waals surface area contributed by atoms with Gasteiger partial charge in [-0.25, -0.2) is 9.78 Å². The first kappa shape index (κ1) is 16.9. The number of rotatable bonds is 6. The predicted octanol–water partition coefficient (Wildman–Crippen LogP) is 2.83. The van der Waals surface area contributed by atoms with Gasteiger partial charge < -0.3 is 19.5 Å². The second-order valence-electron chi connectivity index (χ2n) is 7.55. The summed E-state index contributed by atoms with van der Waals surface area (Å²) in [5, 5.41) is 3.14. The number of hydrogen-bond acceptors (Lipinski definition) is 3. The number of likely N-dealkylation sites (tertiary alicyclic amines) is 1. The van der Waals surface area contributed by atoms with Crippen LogP contribution in [0.1, 0.15) is 25.1 Å². The molecule has 6 nitrogen and oxygen atoms in total. The molecule has 6 heteroatoms. The summed E-state index contributed by atoms with van der Waals surface area (Å²) in [4.78, 5) is 18.7. The van der Waals surface area contributed by atoms with Gasteiger partial charge in [0.05, 0.1) is 6.54 Å². The van der Waals surface area contributed by atoms with Crippen LogP contribution in [0.15, 0.2) is 42.7 Å². The van der Waals surface area contributed by atoms with Crippen molar-refractivity contribution in [2.45, 2.75) is 38.8 Å². The topological polar surface area (TPSA) is 59.4 Å². The van der Waals surface area contributed by atoms with Crippen LogP contribution < -0.4 is 10.1 Å². The van der Waals surface area contributed by atoms with E-state index in [1.165, 1.54) is 0 Å². The number of hydrogen-bond donors (Lipinski definition) is 1. The Hall–Kier alpha value is -2.50. The smallest absolute Gasteiger partial charge is 0.317 e. The lowest BCUT2D eigenvalue weighted by molar-refractivity contribution is 0.185. The van der Waals surface area contributed by atoms with Crippen molar-refractivity contribution in [2.75, 3.05) is 19.6 Å². The van der Waals surface area contributed by atoms with Crippen LogP contribution in [0.2, 0.25) is 0 Å². The number of nitrogens with one attached hydrogen (secondary N) is 1. The predicted molar refractivity (Wildman–Crippen MR) is 99.1 cm³/mol. The molecule has 1 aliphatic heterocycles. The minimum Gasteiger partial charge on any atom is -0.489 e. The molecule has 26 heavy (non-hydrogen) atoms. The Bertz CT molecular complexity index is 754. The molecule has 0 radical (unpaired) electrons. The van der Waals surface area contributed by atoms with E-state index in [1.54, 1.807) is 0 Å². The van der Waals surface area contributed by atoms with Gasteiger partial charge in [0, 0.05) is 43.9 Å². The quantitative estimate of drug-likeness (QED) is 0.868. The van der Waals surface area contributed by atoms with Crippen LogP contribution in [0.25, 0.3) is 0 Å². The van der Waals surface area contributed by atoms with Crippen LogP contribution in [0, 0.1) is 12.3 Å². The molecular formula is C20H26N4O2. The van der Waals surface area contributed by atoms with E-state index in [-0.39, 0.29) is 17.6 Å². The Balaban J connectivity index is 1.25. The number of nitrogens with zero attached hydrogens (tertiary/aromatic N) is 3. The van der Waals surface area contributed by atoms with Crippen LogP contribution in [-0.4, -0.2) is 46.2 Å². The van der Waals surface area contributed by atoms with Crippen molar-refractivity contribution < 1.29 is 9.53 Å². The summed E-state index contributed by atoms with van der Waals surface area (Å²) in [5.41, 5.74) is 0.195. The Labute approximate surface area is 154 Å². The summed E-state index contributed by atoms with van der Waals surface area (Å²) < 4.78 is 8.14. The van der Waals surface area contributed by atoms with Gasteiger partial charge in [0.2, 0.25) is 0 Å². The molecule has 2 heterocycles. The lowest BCUT2D eigenvalue weighted by Crippen LogP contribution is -2.42. The third-order valence-corrected chi connectivity index (χ3v) is 5.48. The molecule has 1 saturated heterocycles. The number of benzene rings is 1. The monoisotopic (exact) mass is 354 g/mol. The number of carbonyl (C=O) groups is 1. The van der Waals surface area contributed by atoms with Crippen molar-refractivity contribution in [3.8, 4) is 5.75 Å². The van der Waals surface area contributed by atoms with Crippen LogP contribution in [0.5, 0.6) is 5.75 Å². The molecule has 1 N–H and O–H groups in total. The summed E-state index contributed by atoms with van der Waals surface area (Å²) in [6, 6.07) is 9.84. The van der Waals surface area contributed by atoms with Gasteiger partial charge in [-0.15, -0.1) is 0 Å². The Morgan fingerprint density at radius 1 is 1.35 bits per heavy atom. The lowest BCUT2D eigenvalue weighted by Gasteiger charge is -2.21. The van der Waals surface area contributed by atoms with E-state index < -0.39 is 0 Å². The fourth-order valence-electron chi connectivity index (χ4n) is 3.58. The fourth-order valence-corrected chi connectivity index (χ4v) is 3.58. The number of aromatic nitrogens is 2. The molecule has 2 fully saturated rings. The number of amides is 2. The van der Waals surface area contributed by atoms with E-state index in [0.717, 1.165) is 50.5 Å². The van der Waals surface area contributed by atoms with Crippen molar-refractivity contribution >= 4 is 6.03 Å². The van der Waals surface area contributed by atoms with Gasteiger partial charge >= 0.3 is 6.03 Å². The SMILES string of the molecule is Cc1nccn1CC1(CNC(=O)N2CCC(Oc3ccccc3)C2)CC1. The molecule has 2 amide bonds. The maximum Gasteiger partial charge on any atom is 0.317 e. The molecule has 1 atom stereocenters. The van der Waals surface area contributed by atoms with E-state index in [2.05, 4.69) is 14.9 Å². The lowest BCUT2D eigenvalue weighted by atomic mass is 10.1. The van der Waals surface area contributed by atoms with Crippen molar-refractivity contribution in [2.24, 2.45) is 5.41 Å². The average Bonchev–Trinajstić information content (AvgIpc) is 3.04. The first-order valence-corrected chi connectivity index (χ1v) is 9.36. The minimum atomic E-state index is 0.0257. The zero-order chi connectivity index (χ0) is 18.0. The fraction of sp³-hybridized carbons (Fsp3) is 0.500. The number of carbonyl (C=O) groups excluding carboxylic acids is 1. The molecule has 1 aliphatic carbocycles. The second-order valence-corrected chi connectivity index (χ2v) is 7.55. The Morgan fingerprint density at radius 3 is 2.85 bits per heavy atom. The van der Waals surface area contributed by atoms with Crippen LogP contribution in [0.4, 0.5) is 4.79 Å². The maximum absolute atomic E-state index is 12.5. The van der Waals surface area contributed by atoms with Gasteiger partial charge in [-0.05, 0) is 31.9 Å². The first-order valence-electron chi connectivity index (χ1n) is 9.36. The highest BCUT2D eigenvalue weighted by Crippen LogP contribution is 2.46. The van der Waals surface area contributed by atoms with E-state index in [4.69, 9.17) is 4.74 Å². The number of urea groups is 1. The van der Waals surface area contributed by atoms with E-state index in [1.807, 2.05) is 54.5 Å². The highest BCUT2D eigenvalue weighted by atomic mass is 16.5. The molecule has 138 valence electrons. The molecular weight excluding hydrogens is 328 g/mol. The summed E-state index contributed by atoms with van der Waals surface area (Å²) in [7, 11) is 0. The van der Waals surface area contributed by atoms with E-state index in [9.17, 15) is 4.79 Å². The average molecular weight is 354 g/mol. The van der Waals surface area contributed by atoms with Gasteiger partial charge in [0.1, 0.15) is 17.7 Å². The van der Waals surface area contributed by atoms with Gasteiger partial charge in [-0.2, -0.15) is 0 Å². The number of imidazole rings is 1. The highest BCUT2D eigenvalue weighted by Gasteiger charge is 2.43. The van der Waals surface area contributed by atoms with Crippen molar-refractivity contribution in [3.63, 3.8) is 0 Å². The summed E-state index contributed by atoms with van der Waals surface area (Å²) >= 11 is 0. The first-order chi connectivity index (χ1) is 12.6. The van der Waals surface area contributed by atoms with Crippen molar-refractivity contribution in [1.29, 1.82) is 0 Å². The summed E-state index contributed by atoms with van der Waals surface area (Å²) in [6.45, 7) is 5.07. The molecule has 2 aliphatic rings. The number of aryl methyl sites for hydroxylation is 1. The maximum atomic E-state index is 12.5. The largest absolute Gasteiger partial charge is 0.489 e. The summed E-state index contributed by atoms with van der Waals surface area (Å²) in [6.07, 6.45) is 7.12. The highest BCUT2D eigenvalue weighted by molar-refractivity contribution is 5.74. The molecule has 2 aromatic rings. The number of para-hydroxylation sites is 1. The Kier molecular flexibility index (Phi) is 4.57. The van der Waals surface area contributed by atoms with Gasteiger partial charge in [0.15, 0.2) is 0 Å². The zero-order valence-electron chi connectivity index (χ0n) is 15.2. The zero-order valence-corrected chi connectivity index (χ0v) is 15.2. The summed E-state index contributed by atoms with van der Waals surface area (Å²) in [5.74, 6) is 1.90.